The van der Waals surface area contributed by atoms with Gasteiger partial charge in [0.2, 0.25) is 6.79 Å². The molecule has 1 amide bonds. The highest BCUT2D eigenvalue weighted by molar-refractivity contribution is 8.26. The van der Waals surface area contributed by atoms with Gasteiger partial charge in [-0.3, -0.25) is 19.1 Å². The van der Waals surface area contributed by atoms with Crippen LogP contribution in [0.15, 0.2) is 27.9 Å². The van der Waals surface area contributed by atoms with Crippen LogP contribution < -0.4 is 19.9 Å². The molecule has 0 N–H and O–H groups in total. The summed E-state index contributed by atoms with van der Waals surface area (Å²) in [5.41, 5.74) is 2.07. The van der Waals surface area contributed by atoms with Gasteiger partial charge in [0.25, 0.3) is 11.5 Å². The van der Waals surface area contributed by atoms with Gasteiger partial charge >= 0.3 is 0 Å². The van der Waals surface area contributed by atoms with Gasteiger partial charge in [0.1, 0.15) is 21.8 Å². The number of rotatable bonds is 6. The Hall–Kier alpha value is -3.29. The number of nitriles is 1. The maximum absolute atomic E-state index is 13.5. The van der Waals surface area contributed by atoms with E-state index in [1.165, 1.54) is 11.8 Å². The van der Waals surface area contributed by atoms with Crippen molar-refractivity contribution in [2.24, 2.45) is 0 Å². The van der Waals surface area contributed by atoms with Crippen molar-refractivity contribution in [2.75, 3.05) is 24.8 Å². The van der Waals surface area contributed by atoms with Crippen molar-refractivity contribution in [2.45, 2.75) is 46.2 Å². The smallest absolute Gasteiger partial charge is 0.270 e. The average molecular weight is 523 g/mol. The summed E-state index contributed by atoms with van der Waals surface area (Å²) >= 11 is 6.81. The maximum Gasteiger partial charge on any atom is 0.270 e. The van der Waals surface area contributed by atoms with Crippen molar-refractivity contribution < 1.29 is 14.3 Å². The van der Waals surface area contributed by atoms with Crippen molar-refractivity contribution >= 4 is 46.1 Å². The molecule has 0 radical (unpaired) electrons. The van der Waals surface area contributed by atoms with E-state index in [0.717, 1.165) is 49.3 Å². The molecule has 10 heteroatoms. The number of aromatic nitrogens is 1. The quantitative estimate of drug-likeness (QED) is 0.413. The van der Waals surface area contributed by atoms with E-state index in [0.29, 0.717) is 39.4 Å². The van der Waals surface area contributed by atoms with Gasteiger partial charge in [-0.1, -0.05) is 37.0 Å². The van der Waals surface area contributed by atoms with Crippen LogP contribution in [0.25, 0.3) is 6.08 Å². The monoisotopic (exact) mass is 522 g/mol. The number of hydrogen-bond acceptors (Lipinski definition) is 8. The van der Waals surface area contributed by atoms with E-state index in [9.17, 15) is 14.9 Å². The van der Waals surface area contributed by atoms with Gasteiger partial charge < -0.3 is 14.4 Å². The third-order valence-electron chi connectivity index (χ3n) is 6.63. The highest BCUT2D eigenvalue weighted by Crippen LogP contribution is 2.38. The second-order valence-electron chi connectivity index (χ2n) is 8.96. The summed E-state index contributed by atoms with van der Waals surface area (Å²) < 4.78 is 13.0. The number of hydrogen-bond donors (Lipinski definition) is 0. The van der Waals surface area contributed by atoms with Crippen LogP contribution in [-0.2, 0) is 17.9 Å². The Morgan fingerprint density at radius 1 is 1.19 bits per heavy atom. The van der Waals surface area contributed by atoms with Crippen molar-refractivity contribution in [3.05, 3.63) is 55.7 Å². The molecule has 186 valence electrons. The fraction of sp³-hybridized carbons (Fsp3) is 0.385. The summed E-state index contributed by atoms with van der Waals surface area (Å²) in [5.74, 6) is 1.93. The van der Waals surface area contributed by atoms with Crippen LogP contribution in [0.2, 0.25) is 0 Å². The molecule has 0 aliphatic carbocycles. The highest BCUT2D eigenvalue weighted by atomic mass is 32.2. The molecule has 0 saturated carbocycles. The molecule has 2 saturated heterocycles. The zero-order valence-electron chi connectivity index (χ0n) is 20.2. The summed E-state index contributed by atoms with van der Waals surface area (Å²) in [6.07, 6.45) is 4.65. The molecule has 4 heterocycles. The number of thiocarbonyl (C=S) groups is 1. The number of carbonyl (C=O) groups excluding carboxylic acids is 1. The van der Waals surface area contributed by atoms with Gasteiger partial charge in [0.05, 0.1) is 11.4 Å². The largest absolute Gasteiger partial charge is 0.454 e. The molecule has 8 nitrogen and oxygen atoms in total. The van der Waals surface area contributed by atoms with Crippen molar-refractivity contribution in [3.63, 3.8) is 0 Å². The lowest BCUT2D eigenvalue weighted by Gasteiger charge is -2.26. The number of thioether (sulfide) groups is 1. The number of carbonyl (C=O) groups is 1. The third kappa shape index (κ3) is 4.27. The Morgan fingerprint density at radius 3 is 2.67 bits per heavy atom. The SMILES string of the molecule is CCCn1c(N2CCCC2)c(C=C2SC(=S)N(Cc3ccc4c(c3)OCO4)C2=O)c(C)c(C#N)c1=O. The Morgan fingerprint density at radius 2 is 1.94 bits per heavy atom. The number of fused-ring (bicyclic) bond motifs is 1. The first kappa shape index (κ1) is 24.4. The van der Waals surface area contributed by atoms with Gasteiger partial charge in [-0.2, -0.15) is 5.26 Å². The normalized spacial score (nSPS) is 18.0. The van der Waals surface area contributed by atoms with Crippen LogP contribution in [0.1, 0.15) is 48.4 Å². The first-order valence-electron chi connectivity index (χ1n) is 12.0. The molecule has 5 rings (SSSR count). The van der Waals surface area contributed by atoms with E-state index in [4.69, 9.17) is 21.7 Å². The fourth-order valence-corrected chi connectivity index (χ4v) is 6.07. The zero-order valence-corrected chi connectivity index (χ0v) is 21.8. The van der Waals surface area contributed by atoms with Crippen LogP contribution in [0.4, 0.5) is 5.82 Å². The molecule has 3 aliphatic heterocycles. The van der Waals surface area contributed by atoms with Gasteiger partial charge in [-0.25, -0.2) is 0 Å². The molecule has 3 aliphatic rings. The van der Waals surface area contributed by atoms with E-state index in [2.05, 4.69) is 11.0 Å². The highest BCUT2D eigenvalue weighted by Gasteiger charge is 2.34. The first-order chi connectivity index (χ1) is 17.4. The summed E-state index contributed by atoms with van der Waals surface area (Å²) in [7, 11) is 0. The number of amides is 1. The molecular weight excluding hydrogens is 496 g/mol. The van der Waals surface area contributed by atoms with E-state index >= 15 is 0 Å². The summed E-state index contributed by atoms with van der Waals surface area (Å²) in [4.78, 5) is 30.9. The molecule has 0 spiro atoms. The van der Waals surface area contributed by atoms with Crippen LogP contribution in [0.3, 0.4) is 0 Å². The molecule has 0 atom stereocenters. The minimum absolute atomic E-state index is 0.119. The third-order valence-corrected chi connectivity index (χ3v) is 8.00. The lowest BCUT2D eigenvalue weighted by molar-refractivity contribution is -0.122. The van der Waals surface area contributed by atoms with E-state index in [1.54, 1.807) is 16.4 Å². The van der Waals surface area contributed by atoms with Gasteiger partial charge in [-0.05, 0) is 55.5 Å². The molecule has 1 aromatic carbocycles. The first-order valence-corrected chi connectivity index (χ1v) is 13.2. The predicted octanol–water partition coefficient (Wildman–Crippen LogP) is 4.17. The molecule has 1 aromatic heterocycles. The number of ether oxygens (including phenoxy) is 2. The molecule has 0 unspecified atom stereocenters. The van der Waals surface area contributed by atoms with Crippen molar-refractivity contribution in [1.29, 1.82) is 5.26 Å². The Bertz CT molecular complexity index is 1390. The van der Waals surface area contributed by atoms with Gasteiger partial charge in [0, 0.05) is 25.2 Å². The molecule has 2 aromatic rings. The molecular formula is C26H26N4O4S2. The summed E-state index contributed by atoms with van der Waals surface area (Å²) in [5, 5.41) is 9.78. The van der Waals surface area contributed by atoms with Crippen molar-refractivity contribution in [1.82, 2.24) is 9.47 Å². The van der Waals surface area contributed by atoms with E-state index in [1.807, 2.05) is 31.2 Å². The van der Waals surface area contributed by atoms with Crippen LogP contribution >= 0.6 is 24.0 Å². The lowest BCUT2D eigenvalue weighted by Crippen LogP contribution is -2.33. The summed E-state index contributed by atoms with van der Waals surface area (Å²) in [6.45, 7) is 6.47. The van der Waals surface area contributed by atoms with E-state index < -0.39 is 0 Å². The molecule has 2 fully saturated rings. The Kier molecular flexibility index (Phi) is 6.77. The fourth-order valence-electron chi connectivity index (χ4n) is 4.83. The van der Waals surface area contributed by atoms with Crippen LogP contribution in [0.5, 0.6) is 11.5 Å². The number of benzene rings is 1. The standard InChI is InChI=1S/C26H26N4O4S2/c1-3-8-29-23(28-9-4-5-10-28)18(16(2)19(13-27)24(29)31)12-22-25(32)30(26(35)36-22)14-17-6-7-20-21(11-17)34-15-33-20/h6-7,11-12H,3-5,8-10,14-15H2,1-2H3. The predicted molar refractivity (Wildman–Crippen MR) is 143 cm³/mol. The second kappa shape index (κ2) is 9.99. The molecule has 36 heavy (non-hydrogen) atoms. The summed E-state index contributed by atoms with van der Waals surface area (Å²) in [6, 6.07) is 7.68. The van der Waals surface area contributed by atoms with Crippen LogP contribution in [-0.4, -0.2) is 39.6 Å². The Balaban J connectivity index is 1.55. The number of pyridine rings is 1. The topological polar surface area (TPSA) is 87.8 Å². The lowest BCUT2D eigenvalue weighted by atomic mass is 10.0. The second-order valence-corrected chi connectivity index (χ2v) is 10.6. The number of nitrogens with zero attached hydrogens (tertiary/aromatic N) is 4. The van der Waals surface area contributed by atoms with E-state index in [-0.39, 0.29) is 23.8 Å². The minimum Gasteiger partial charge on any atom is -0.454 e. The Labute approximate surface area is 219 Å². The average Bonchev–Trinajstić information content (AvgIpc) is 3.61. The van der Waals surface area contributed by atoms with Gasteiger partial charge in [0.15, 0.2) is 11.5 Å². The number of anilines is 1. The maximum atomic E-state index is 13.5. The minimum atomic E-state index is -0.272. The van der Waals surface area contributed by atoms with Gasteiger partial charge in [-0.15, -0.1) is 0 Å². The van der Waals surface area contributed by atoms with Crippen LogP contribution in [0, 0.1) is 18.3 Å². The molecule has 0 bridgehead atoms. The zero-order chi connectivity index (χ0) is 25.4. The van der Waals surface area contributed by atoms with Crippen molar-refractivity contribution in [3.8, 4) is 17.6 Å².